The van der Waals surface area contributed by atoms with Gasteiger partial charge in [0.2, 0.25) is 0 Å². The average molecular weight is 601 g/mol. The number of carbonyl (C=O) groups is 1. The Balaban J connectivity index is 1.51. The van der Waals surface area contributed by atoms with Gasteiger partial charge < -0.3 is 10.1 Å². The van der Waals surface area contributed by atoms with E-state index in [1.54, 1.807) is 18.3 Å². The number of nitrogens with one attached hydrogen (secondary N) is 1. The van der Waals surface area contributed by atoms with Gasteiger partial charge in [0, 0.05) is 22.1 Å². The van der Waals surface area contributed by atoms with Gasteiger partial charge in [-0.2, -0.15) is 9.78 Å². The highest BCUT2D eigenvalue weighted by Gasteiger charge is 2.13. The van der Waals surface area contributed by atoms with Crippen LogP contribution < -0.4 is 15.6 Å². The van der Waals surface area contributed by atoms with Crippen molar-refractivity contribution < 1.29 is 13.9 Å². The molecule has 0 aliphatic rings. The van der Waals surface area contributed by atoms with Gasteiger partial charge >= 0.3 is 0 Å². The highest BCUT2D eigenvalue weighted by atomic mass is 79.9. The first kappa shape index (κ1) is 27.2. The Labute approximate surface area is 238 Å². The summed E-state index contributed by atoms with van der Waals surface area (Å²) in [6, 6.07) is 22.3. The Bertz CT molecular complexity index is 1780. The topological polar surface area (TPSA) is 85.6 Å². The lowest BCUT2D eigenvalue weighted by atomic mass is 10.0. The normalized spacial score (nSPS) is 11.4. The molecule has 0 bridgehead atoms. The molecule has 1 aromatic heterocycles. The minimum atomic E-state index is -0.398. The van der Waals surface area contributed by atoms with Crippen molar-refractivity contribution in [1.29, 1.82) is 0 Å². The van der Waals surface area contributed by atoms with Crippen LogP contribution in [0.1, 0.15) is 31.2 Å². The van der Waals surface area contributed by atoms with Crippen molar-refractivity contribution in [2.75, 3.05) is 11.9 Å². The number of hydrogen-bond donors (Lipinski definition) is 1. The second-order valence-corrected chi connectivity index (χ2v) is 10.1. The van der Waals surface area contributed by atoms with Gasteiger partial charge in [0.05, 0.1) is 17.1 Å². The zero-order chi connectivity index (χ0) is 28.1. The largest absolute Gasteiger partial charge is 0.483 e. The van der Waals surface area contributed by atoms with Crippen molar-refractivity contribution in [3.05, 3.63) is 111 Å². The van der Waals surface area contributed by atoms with Gasteiger partial charge in [0.25, 0.3) is 11.5 Å². The number of benzene rings is 4. The average Bonchev–Trinajstić information content (AvgIpc) is 2.96. The highest BCUT2D eigenvalue weighted by molar-refractivity contribution is 9.10. The van der Waals surface area contributed by atoms with Gasteiger partial charge in [-0.05, 0) is 65.7 Å². The highest BCUT2D eigenvalue weighted by Crippen LogP contribution is 2.27. The van der Waals surface area contributed by atoms with E-state index >= 15 is 0 Å². The smallest absolute Gasteiger partial charge is 0.282 e. The number of hydrogen-bond acceptors (Lipinski definition) is 5. The molecule has 0 fully saturated rings. The molecule has 5 aromatic rings. The Morgan fingerprint density at radius 3 is 2.67 bits per heavy atom. The molecule has 0 unspecified atom stereocenters. The van der Waals surface area contributed by atoms with Gasteiger partial charge in [0.15, 0.2) is 6.61 Å². The Hall–Kier alpha value is -4.37. The summed E-state index contributed by atoms with van der Waals surface area (Å²) >= 11 is 3.44. The quantitative estimate of drug-likeness (QED) is 0.191. The van der Waals surface area contributed by atoms with Crippen LogP contribution in [0.5, 0.6) is 5.75 Å². The van der Waals surface area contributed by atoms with Crippen molar-refractivity contribution >= 4 is 55.4 Å². The molecule has 0 radical (unpaired) electrons. The van der Waals surface area contributed by atoms with Crippen molar-refractivity contribution in [3.63, 3.8) is 0 Å². The summed E-state index contributed by atoms with van der Waals surface area (Å²) in [4.78, 5) is 30.8. The maximum atomic E-state index is 13.5. The number of aromatic nitrogens is 2. The predicted molar refractivity (Wildman–Crippen MR) is 160 cm³/mol. The van der Waals surface area contributed by atoms with Crippen molar-refractivity contribution in [1.82, 2.24) is 9.66 Å². The zero-order valence-electron chi connectivity index (χ0n) is 21.7. The van der Waals surface area contributed by atoms with Gasteiger partial charge in [0.1, 0.15) is 17.4 Å². The minimum absolute atomic E-state index is 0.268. The number of anilines is 1. The monoisotopic (exact) mass is 600 g/mol. The summed E-state index contributed by atoms with van der Waals surface area (Å²) in [5.41, 5.74) is 1.43. The molecule has 0 spiro atoms. The van der Waals surface area contributed by atoms with Gasteiger partial charge in [-0.3, -0.25) is 9.59 Å². The van der Waals surface area contributed by atoms with E-state index in [4.69, 9.17) is 9.72 Å². The summed E-state index contributed by atoms with van der Waals surface area (Å²) in [5.74, 6) is 0.209. The molecular weight excluding hydrogens is 575 g/mol. The fourth-order valence-corrected chi connectivity index (χ4v) is 4.70. The van der Waals surface area contributed by atoms with Crippen LogP contribution in [-0.2, 0) is 11.2 Å². The third-order valence-electron chi connectivity index (χ3n) is 6.35. The molecule has 9 heteroatoms. The molecule has 1 N–H and O–H groups in total. The molecule has 40 heavy (non-hydrogen) atoms. The van der Waals surface area contributed by atoms with Crippen LogP contribution in [0, 0.1) is 5.82 Å². The SMILES string of the molecule is CCCCc1nc2ccc(Br)cc2c(=O)n1N=Cc1c(OCC(=O)Nc2ccc(F)cc2)ccc2ccccc12. The Kier molecular flexibility index (Phi) is 8.31. The van der Waals surface area contributed by atoms with E-state index in [2.05, 4.69) is 33.3 Å². The molecule has 1 heterocycles. The van der Waals surface area contributed by atoms with E-state index in [0.717, 1.165) is 28.1 Å². The van der Waals surface area contributed by atoms with Crippen LogP contribution in [0.3, 0.4) is 0 Å². The van der Waals surface area contributed by atoms with E-state index in [1.807, 2.05) is 42.5 Å². The minimum Gasteiger partial charge on any atom is -0.483 e. The summed E-state index contributed by atoms with van der Waals surface area (Å²) < 4.78 is 21.2. The van der Waals surface area contributed by atoms with Crippen molar-refractivity contribution in [3.8, 4) is 5.75 Å². The first-order chi connectivity index (χ1) is 19.4. The number of unbranched alkanes of at least 4 members (excludes halogenated alkanes) is 1. The van der Waals surface area contributed by atoms with Gasteiger partial charge in [-0.25, -0.2) is 9.37 Å². The number of carbonyl (C=O) groups excluding carboxylic acids is 1. The van der Waals surface area contributed by atoms with Gasteiger partial charge in [-0.15, -0.1) is 0 Å². The molecule has 0 saturated heterocycles. The molecule has 0 atom stereocenters. The molecule has 0 saturated carbocycles. The molecule has 202 valence electrons. The first-order valence-electron chi connectivity index (χ1n) is 12.9. The number of halogens is 2. The lowest BCUT2D eigenvalue weighted by Crippen LogP contribution is -2.23. The number of ether oxygens (including phenoxy) is 1. The Morgan fingerprint density at radius 2 is 1.88 bits per heavy atom. The second-order valence-electron chi connectivity index (χ2n) is 9.20. The summed E-state index contributed by atoms with van der Waals surface area (Å²) in [5, 5.41) is 9.55. The van der Waals surface area contributed by atoms with E-state index < -0.39 is 5.91 Å². The molecular formula is C31H26BrFN4O3. The van der Waals surface area contributed by atoms with Crippen LogP contribution in [0.25, 0.3) is 21.7 Å². The summed E-state index contributed by atoms with van der Waals surface area (Å²) in [6.45, 7) is 1.81. The molecule has 5 rings (SSSR count). The Morgan fingerprint density at radius 1 is 1.07 bits per heavy atom. The number of aryl methyl sites for hydroxylation is 1. The van der Waals surface area contributed by atoms with E-state index in [0.29, 0.717) is 40.1 Å². The van der Waals surface area contributed by atoms with Crippen LogP contribution in [0.2, 0.25) is 0 Å². The lowest BCUT2D eigenvalue weighted by Gasteiger charge is -2.13. The number of fused-ring (bicyclic) bond motifs is 2. The van der Waals surface area contributed by atoms with Gasteiger partial charge in [-0.1, -0.05) is 59.6 Å². The lowest BCUT2D eigenvalue weighted by molar-refractivity contribution is -0.118. The zero-order valence-corrected chi connectivity index (χ0v) is 23.3. The van der Waals surface area contributed by atoms with E-state index in [1.165, 1.54) is 28.9 Å². The maximum Gasteiger partial charge on any atom is 0.282 e. The fourth-order valence-electron chi connectivity index (χ4n) is 4.33. The van der Waals surface area contributed by atoms with E-state index in [9.17, 15) is 14.0 Å². The van der Waals surface area contributed by atoms with Crippen LogP contribution in [0.15, 0.2) is 93.2 Å². The maximum absolute atomic E-state index is 13.5. The first-order valence-corrected chi connectivity index (χ1v) is 13.7. The predicted octanol–water partition coefficient (Wildman–Crippen LogP) is 6.69. The van der Waals surface area contributed by atoms with Crippen LogP contribution >= 0.6 is 15.9 Å². The van der Waals surface area contributed by atoms with Crippen LogP contribution in [-0.4, -0.2) is 28.4 Å². The third kappa shape index (κ3) is 6.10. The fraction of sp³-hybridized carbons (Fsp3) is 0.161. The standard InChI is InChI=1S/C31H26BrFN4O3/c1-2-3-8-29-36-27-15-10-21(32)17-25(27)31(39)37(29)34-18-26-24-7-5-4-6-20(24)9-16-28(26)40-19-30(38)35-23-13-11-22(33)12-14-23/h4-7,9-18H,2-3,8,19H2,1H3,(H,35,38). The molecule has 4 aromatic carbocycles. The summed E-state index contributed by atoms with van der Waals surface area (Å²) in [7, 11) is 0. The van der Waals surface area contributed by atoms with Crippen molar-refractivity contribution in [2.45, 2.75) is 26.2 Å². The number of amides is 1. The van der Waals surface area contributed by atoms with Crippen LogP contribution in [0.4, 0.5) is 10.1 Å². The van der Waals surface area contributed by atoms with Crippen molar-refractivity contribution in [2.24, 2.45) is 5.10 Å². The molecule has 1 amide bonds. The number of rotatable bonds is 9. The molecule has 0 aliphatic carbocycles. The van der Waals surface area contributed by atoms with E-state index in [-0.39, 0.29) is 18.0 Å². The number of nitrogens with zero attached hydrogens (tertiary/aromatic N) is 3. The molecule has 7 nitrogen and oxygen atoms in total. The summed E-state index contributed by atoms with van der Waals surface area (Å²) in [6.07, 6.45) is 3.98. The molecule has 0 aliphatic heterocycles. The second kappa shape index (κ2) is 12.2. The third-order valence-corrected chi connectivity index (χ3v) is 6.84.